The molecule has 2 N–H and O–H groups in total. The molecule has 2 aromatic carbocycles. The molecule has 0 bridgehead atoms. The third-order valence-electron chi connectivity index (χ3n) is 4.82. The Balaban J connectivity index is 1.48. The number of nitrogens with zero attached hydrogens (tertiary/aromatic N) is 1. The zero-order valence-corrected chi connectivity index (χ0v) is 19.3. The normalized spacial score (nSPS) is 18.7. The van der Waals surface area contributed by atoms with Crippen molar-refractivity contribution in [3.05, 3.63) is 68.7 Å². The molecule has 0 aromatic heterocycles. The van der Waals surface area contributed by atoms with Crippen LogP contribution >= 0.6 is 27.5 Å². The van der Waals surface area contributed by atoms with Crippen molar-refractivity contribution in [2.75, 3.05) is 13.1 Å². The molecule has 0 aliphatic carbocycles. The predicted octanol–water partition coefficient (Wildman–Crippen LogP) is 4.35. The van der Waals surface area contributed by atoms with E-state index in [1.165, 1.54) is 0 Å². The molecule has 2 atom stereocenters. The van der Waals surface area contributed by atoms with Crippen LogP contribution in [0.2, 0.25) is 5.02 Å². The first kappa shape index (κ1) is 22.6. The molecule has 2 unspecified atom stereocenters. The van der Waals surface area contributed by atoms with Crippen LogP contribution in [0.3, 0.4) is 0 Å². The van der Waals surface area contributed by atoms with Crippen LogP contribution in [0.15, 0.2) is 46.9 Å². The lowest BCUT2D eigenvalue weighted by Crippen LogP contribution is -2.48. The molecule has 2 aromatic rings. The Labute approximate surface area is 190 Å². The third-order valence-corrected chi connectivity index (χ3v) is 5.66. The predicted molar refractivity (Wildman–Crippen MR) is 121 cm³/mol. The van der Waals surface area contributed by atoms with Crippen molar-refractivity contribution in [1.82, 2.24) is 15.5 Å². The van der Waals surface area contributed by atoms with Crippen LogP contribution in [-0.4, -0.2) is 42.1 Å². The van der Waals surface area contributed by atoms with Crippen LogP contribution < -0.4 is 10.6 Å². The fourth-order valence-electron chi connectivity index (χ4n) is 3.38. The number of amides is 3. The van der Waals surface area contributed by atoms with Crippen LogP contribution in [0.5, 0.6) is 0 Å². The zero-order valence-electron chi connectivity index (χ0n) is 17.0. The summed E-state index contributed by atoms with van der Waals surface area (Å²) in [4.78, 5) is 26.6. The first-order valence-corrected chi connectivity index (χ1v) is 11.0. The maximum Gasteiger partial charge on any atom is 0.315 e. The number of benzene rings is 2. The van der Waals surface area contributed by atoms with Gasteiger partial charge in [-0.15, -0.1) is 0 Å². The fourth-order valence-corrected chi connectivity index (χ4v) is 4.12. The average Bonchev–Trinajstić information content (AvgIpc) is 2.70. The van der Waals surface area contributed by atoms with Crippen LogP contribution in [-0.2, 0) is 17.8 Å². The minimum atomic E-state index is -0.287. The summed E-state index contributed by atoms with van der Waals surface area (Å²) in [7, 11) is 0. The Hall–Kier alpha value is -2.09. The molecular formula is C22H25BrClN3O3. The van der Waals surface area contributed by atoms with E-state index in [1.54, 1.807) is 18.2 Å². The highest BCUT2D eigenvalue weighted by molar-refractivity contribution is 9.10. The van der Waals surface area contributed by atoms with Gasteiger partial charge in [-0.1, -0.05) is 45.7 Å². The molecule has 8 heteroatoms. The molecule has 0 saturated carbocycles. The summed E-state index contributed by atoms with van der Waals surface area (Å²) in [6.45, 7) is 5.83. The summed E-state index contributed by atoms with van der Waals surface area (Å²) in [5, 5.41) is 6.19. The second-order valence-corrected chi connectivity index (χ2v) is 8.76. The molecule has 1 aliphatic rings. The fraction of sp³-hybridized carbons (Fsp3) is 0.364. The van der Waals surface area contributed by atoms with Gasteiger partial charge in [0.05, 0.1) is 12.2 Å². The quantitative estimate of drug-likeness (QED) is 0.649. The number of urea groups is 1. The molecule has 1 heterocycles. The number of hydrogen-bond donors (Lipinski definition) is 2. The lowest BCUT2D eigenvalue weighted by atomic mass is 10.1. The Morgan fingerprint density at radius 3 is 2.33 bits per heavy atom. The lowest BCUT2D eigenvalue weighted by molar-refractivity contribution is -0.0586. The second kappa shape index (κ2) is 10.3. The molecule has 30 heavy (non-hydrogen) atoms. The van der Waals surface area contributed by atoms with Crippen LogP contribution in [0.25, 0.3) is 0 Å². The Morgan fingerprint density at radius 2 is 1.70 bits per heavy atom. The highest BCUT2D eigenvalue weighted by atomic mass is 79.9. The van der Waals surface area contributed by atoms with Crippen molar-refractivity contribution in [3.8, 4) is 0 Å². The van der Waals surface area contributed by atoms with E-state index < -0.39 is 0 Å². The lowest BCUT2D eigenvalue weighted by Gasteiger charge is -2.35. The molecule has 6 nitrogen and oxygen atoms in total. The van der Waals surface area contributed by atoms with E-state index in [4.69, 9.17) is 16.3 Å². The molecule has 160 valence electrons. The van der Waals surface area contributed by atoms with Crippen molar-refractivity contribution in [2.24, 2.45) is 0 Å². The summed E-state index contributed by atoms with van der Waals surface area (Å²) in [5.41, 5.74) is 2.38. The Morgan fingerprint density at radius 1 is 1.07 bits per heavy atom. The largest absolute Gasteiger partial charge is 0.372 e. The van der Waals surface area contributed by atoms with E-state index in [9.17, 15) is 9.59 Å². The van der Waals surface area contributed by atoms with Crippen LogP contribution in [0.1, 0.15) is 35.3 Å². The van der Waals surface area contributed by atoms with Gasteiger partial charge in [-0.3, -0.25) is 4.79 Å². The van der Waals surface area contributed by atoms with Crippen molar-refractivity contribution in [1.29, 1.82) is 0 Å². The number of carbonyl (C=O) groups is 2. The smallest absolute Gasteiger partial charge is 0.315 e. The topological polar surface area (TPSA) is 70.7 Å². The molecule has 1 saturated heterocycles. The number of hydrogen-bond acceptors (Lipinski definition) is 3. The van der Waals surface area contributed by atoms with Gasteiger partial charge in [-0.25, -0.2) is 4.79 Å². The van der Waals surface area contributed by atoms with Crippen molar-refractivity contribution in [3.63, 3.8) is 0 Å². The summed E-state index contributed by atoms with van der Waals surface area (Å²) in [5.74, 6) is 0.000582. The Kier molecular flexibility index (Phi) is 7.75. The minimum Gasteiger partial charge on any atom is -0.372 e. The van der Waals surface area contributed by atoms with Crippen molar-refractivity contribution < 1.29 is 14.3 Å². The monoisotopic (exact) mass is 493 g/mol. The van der Waals surface area contributed by atoms with E-state index in [-0.39, 0.29) is 24.1 Å². The number of nitrogens with one attached hydrogen (secondary N) is 2. The van der Waals surface area contributed by atoms with Gasteiger partial charge in [0.1, 0.15) is 0 Å². The van der Waals surface area contributed by atoms with E-state index in [0.717, 1.165) is 15.6 Å². The minimum absolute atomic E-state index is 0.000582. The molecular weight excluding hydrogens is 470 g/mol. The third kappa shape index (κ3) is 6.20. The molecule has 1 fully saturated rings. The number of morpholine rings is 1. The highest BCUT2D eigenvalue weighted by Gasteiger charge is 2.26. The standard InChI is InChI=1S/C22H25BrClN3O3/c1-14-12-27(13-15(2)30-14)21(28)17-5-3-16(4-6-17)10-25-22(29)26-11-18-7-8-19(23)9-20(18)24/h3-9,14-15H,10-13H2,1-2H3,(H2,25,26,29). The second-order valence-electron chi connectivity index (χ2n) is 7.44. The van der Waals surface area contributed by atoms with Crippen LogP contribution in [0, 0.1) is 0 Å². The number of carbonyl (C=O) groups excluding carboxylic acids is 2. The molecule has 0 radical (unpaired) electrons. The Bertz CT molecular complexity index is 897. The first-order chi connectivity index (χ1) is 14.3. The van der Waals surface area contributed by atoms with Gasteiger partial charge in [-0.05, 0) is 49.2 Å². The summed E-state index contributed by atoms with van der Waals surface area (Å²) in [6, 6.07) is 12.5. The van der Waals surface area contributed by atoms with Gasteiger partial charge in [0.2, 0.25) is 0 Å². The van der Waals surface area contributed by atoms with Gasteiger partial charge in [0.15, 0.2) is 0 Å². The summed E-state index contributed by atoms with van der Waals surface area (Å²) in [6.07, 6.45) is 0.0685. The van der Waals surface area contributed by atoms with Crippen molar-refractivity contribution in [2.45, 2.75) is 39.1 Å². The van der Waals surface area contributed by atoms with E-state index in [2.05, 4.69) is 26.6 Å². The number of rotatable bonds is 5. The summed E-state index contributed by atoms with van der Waals surface area (Å²) >= 11 is 9.51. The van der Waals surface area contributed by atoms with E-state index >= 15 is 0 Å². The highest BCUT2D eigenvalue weighted by Crippen LogP contribution is 2.21. The average molecular weight is 495 g/mol. The molecule has 0 spiro atoms. The zero-order chi connectivity index (χ0) is 21.7. The van der Waals surface area contributed by atoms with Gasteiger partial charge in [0, 0.05) is 41.2 Å². The molecule has 3 amide bonds. The first-order valence-electron chi connectivity index (χ1n) is 9.81. The van der Waals surface area contributed by atoms with E-state index in [0.29, 0.717) is 36.8 Å². The molecule has 3 rings (SSSR count). The molecule has 1 aliphatic heterocycles. The number of halogens is 2. The van der Waals surface area contributed by atoms with Crippen molar-refractivity contribution >= 4 is 39.5 Å². The summed E-state index contributed by atoms with van der Waals surface area (Å²) < 4.78 is 6.58. The van der Waals surface area contributed by atoms with Gasteiger partial charge < -0.3 is 20.3 Å². The van der Waals surface area contributed by atoms with Gasteiger partial charge in [0.25, 0.3) is 5.91 Å². The van der Waals surface area contributed by atoms with Gasteiger partial charge in [-0.2, -0.15) is 0 Å². The maximum atomic E-state index is 12.7. The van der Waals surface area contributed by atoms with Crippen LogP contribution in [0.4, 0.5) is 4.79 Å². The maximum absolute atomic E-state index is 12.7. The van der Waals surface area contributed by atoms with E-state index in [1.807, 2.05) is 43.0 Å². The SMILES string of the molecule is CC1CN(C(=O)c2ccc(CNC(=O)NCc3ccc(Br)cc3Cl)cc2)CC(C)O1. The van der Waals surface area contributed by atoms with Gasteiger partial charge >= 0.3 is 6.03 Å². The number of ether oxygens (including phenoxy) is 1.